The maximum atomic E-state index is 14.9. The summed E-state index contributed by atoms with van der Waals surface area (Å²) in [5, 5.41) is 1.40. The fourth-order valence-corrected chi connectivity index (χ4v) is 7.07. The topological polar surface area (TPSA) is 34.1 Å². The minimum Gasteiger partial charge on any atom is -0.313 e. The minimum atomic E-state index is -3.28. The van der Waals surface area contributed by atoms with Gasteiger partial charge in [0, 0.05) is 16.2 Å². The van der Waals surface area contributed by atoms with Crippen molar-refractivity contribution in [2.45, 2.75) is 12.1 Å². The van der Waals surface area contributed by atoms with Gasteiger partial charge in [-0.3, -0.25) is 4.79 Å². The van der Waals surface area contributed by atoms with E-state index in [4.69, 9.17) is 0 Å². The molecule has 0 amide bonds. The number of carbonyl (C=O) groups excluding carboxylic acids is 1. The zero-order chi connectivity index (χ0) is 22.2. The van der Waals surface area contributed by atoms with Gasteiger partial charge in [-0.05, 0) is 12.0 Å². The fourth-order valence-electron chi connectivity index (χ4n) is 3.92. The van der Waals surface area contributed by atoms with Crippen molar-refractivity contribution in [3.8, 4) is 0 Å². The summed E-state index contributed by atoms with van der Waals surface area (Å²) in [6.45, 7) is 0. The number of ketones is 1. The number of benzene rings is 4. The maximum absolute atomic E-state index is 14.9. The molecule has 4 aromatic carbocycles. The van der Waals surface area contributed by atoms with Crippen molar-refractivity contribution < 1.29 is 9.36 Å². The molecule has 0 fully saturated rings. The fraction of sp³-hybridized carbons (Fsp3) is 0.0690. The molecule has 0 bridgehead atoms. The van der Waals surface area contributed by atoms with E-state index >= 15 is 0 Å². The van der Waals surface area contributed by atoms with Crippen LogP contribution < -0.4 is 10.6 Å². The van der Waals surface area contributed by atoms with Crippen molar-refractivity contribution in [2.75, 3.05) is 0 Å². The van der Waals surface area contributed by atoms with Crippen LogP contribution in [0.25, 0.3) is 6.08 Å². The Kier molecular flexibility index (Phi) is 6.94. The van der Waals surface area contributed by atoms with Crippen molar-refractivity contribution in [3.63, 3.8) is 0 Å². The second-order valence-corrected chi connectivity index (χ2v) is 10.6. The van der Waals surface area contributed by atoms with Crippen molar-refractivity contribution >= 4 is 29.6 Å². The van der Waals surface area contributed by atoms with Gasteiger partial charge in [-0.2, -0.15) is 0 Å². The van der Waals surface area contributed by atoms with Crippen LogP contribution in [0, 0.1) is 0 Å². The smallest absolute Gasteiger partial charge is 0.174 e. The van der Waals surface area contributed by atoms with Crippen molar-refractivity contribution in [1.29, 1.82) is 0 Å². The second-order valence-electron chi connectivity index (χ2n) is 7.62. The summed E-state index contributed by atoms with van der Waals surface area (Å²) in [6, 6.07) is 38.0. The van der Waals surface area contributed by atoms with Crippen LogP contribution in [0.3, 0.4) is 0 Å². The Labute approximate surface area is 189 Å². The second kappa shape index (κ2) is 10.2. The van der Waals surface area contributed by atoms with E-state index in [1.807, 2.05) is 121 Å². The lowest BCUT2D eigenvalue weighted by Crippen LogP contribution is -2.31. The van der Waals surface area contributed by atoms with Crippen LogP contribution in [0.4, 0.5) is 0 Å². The average molecular weight is 436 g/mol. The van der Waals surface area contributed by atoms with Crippen LogP contribution in [0.15, 0.2) is 127 Å². The van der Waals surface area contributed by atoms with Gasteiger partial charge in [-0.15, -0.1) is 0 Å². The predicted molar refractivity (Wildman–Crippen MR) is 134 cm³/mol. The first kappa shape index (κ1) is 21.7. The van der Waals surface area contributed by atoms with E-state index < -0.39 is 12.8 Å². The Morgan fingerprint density at radius 2 is 1.09 bits per heavy atom. The van der Waals surface area contributed by atoms with Crippen LogP contribution in [0.2, 0.25) is 0 Å². The normalized spacial score (nSPS) is 12.5. The lowest BCUT2D eigenvalue weighted by Gasteiger charge is -2.27. The molecule has 0 spiro atoms. The first-order chi connectivity index (χ1) is 15.7. The van der Waals surface area contributed by atoms with E-state index in [1.54, 1.807) is 12.1 Å². The number of rotatable bonds is 8. The molecule has 32 heavy (non-hydrogen) atoms. The van der Waals surface area contributed by atoms with Crippen LogP contribution >= 0.6 is 7.14 Å². The van der Waals surface area contributed by atoms with Crippen LogP contribution in [0.1, 0.15) is 22.3 Å². The molecule has 4 rings (SSSR count). The van der Waals surface area contributed by atoms with Gasteiger partial charge in [-0.25, -0.2) is 0 Å². The summed E-state index contributed by atoms with van der Waals surface area (Å²) >= 11 is 0. The SMILES string of the molecule is O=C(c1ccccc1)C(CC=Cc1ccccc1)P(=O)(c1ccccc1)c1ccccc1. The van der Waals surface area contributed by atoms with Gasteiger partial charge in [0.25, 0.3) is 0 Å². The lowest BCUT2D eigenvalue weighted by molar-refractivity contribution is 0.0987. The molecule has 2 nitrogen and oxygen atoms in total. The summed E-state index contributed by atoms with van der Waals surface area (Å²) < 4.78 is 14.9. The quantitative estimate of drug-likeness (QED) is 0.238. The van der Waals surface area contributed by atoms with E-state index in [0.717, 1.165) is 5.56 Å². The molecule has 4 aromatic rings. The Balaban J connectivity index is 1.82. The Morgan fingerprint density at radius 3 is 1.59 bits per heavy atom. The molecule has 0 N–H and O–H groups in total. The van der Waals surface area contributed by atoms with Gasteiger partial charge in [0.1, 0.15) is 0 Å². The van der Waals surface area contributed by atoms with Crippen LogP contribution in [-0.4, -0.2) is 11.4 Å². The summed E-state index contributed by atoms with van der Waals surface area (Å²) in [5.74, 6) is -0.0978. The number of allylic oxidation sites excluding steroid dienone is 1. The third kappa shape index (κ3) is 4.72. The van der Waals surface area contributed by atoms with Gasteiger partial charge < -0.3 is 4.57 Å². The standard InChI is InChI=1S/C29H25O2P/c30-29(25-17-7-2-8-18-25)28(23-13-16-24-14-5-1-6-15-24)32(31,26-19-9-3-10-20-26)27-21-11-4-12-22-27/h1-22,28H,23H2. The van der Waals surface area contributed by atoms with Crippen LogP contribution in [0.5, 0.6) is 0 Å². The molecule has 1 unspecified atom stereocenters. The number of Topliss-reactive ketones (excluding diaryl/α,β-unsaturated/α-hetero) is 1. The monoisotopic (exact) mass is 436 g/mol. The highest BCUT2D eigenvalue weighted by Crippen LogP contribution is 2.51. The van der Waals surface area contributed by atoms with E-state index in [1.165, 1.54) is 0 Å². The summed E-state index contributed by atoms with van der Waals surface area (Å²) in [7, 11) is -3.28. The van der Waals surface area contributed by atoms with Gasteiger partial charge in [0.2, 0.25) is 0 Å². The third-order valence-corrected chi connectivity index (χ3v) is 9.00. The van der Waals surface area contributed by atoms with Crippen molar-refractivity contribution in [3.05, 3.63) is 139 Å². The molecule has 0 saturated carbocycles. The van der Waals surface area contributed by atoms with E-state index in [-0.39, 0.29) is 5.78 Å². The summed E-state index contributed by atoms with van der Waals surface area (Å²) in [6.07, 6.45) is 4.34. The molecular weight excluding hydrogens is 411 g/mol. The number of hydrogen-bond acceptors (Lipinski definition) is 2. The highest BCUT2D eigenvalue weighted by atomic mass is 31.2. The highest BCUT2D eigenvalue weighted by molar-refractivity contribution is 7.80. The Morgan fingerprint density at radius 1 is 0.656 bits per heavy atom. The van der Waals surface area contributed by atoms with E-state index in [2.05, 4.69) is 0 Å². The van der Waals surface area contributed by atoms with Gasteiger partial charge >= 0.3 is 0 Å². The number of carbonyl (C=O) groups is 1. The third-order valence-electron chi connectivity index (χ3n) is 5.55. The Hall–Kier alpha value is -3.48. The first-order valence-electron chi connectivity index (χ1n) is 10.7. The van der Waals surface area contributed by atoms with E-state index in [9.17, 15) is 9.36 Å². The molecule has 0 radical (unpaired) electrons. The molecule has 158 valence electrons. The largest absolute Gasteiger partial charge is 0.313 e. The molecule has 0 aliphatic carbocycles. The van der Waals surface area contributed by atoms with Gasteiger partial charge in [-0.1, -0.05) is 133 Å². The average Bonchev–Trinajstić information content (AvgIpc) is 2.88. The lowest BCUT2D eigenvalue weighted by atomic mass is 10.1. The maximum Gasteiger partial charge on any atom is 0.174 e. The number of hydrogen-bond donors (Lipinski definition) is 0. The Bertz CT molecular complexity index is 1170. The molecule has 0 heterocycles. The zero-order valence-corrected chi connectivity index (χ0v) is 18.6. The van der Waals surface area contributed by atoms with Gasteiger partial charge in [0.15, 0.2) is 12.9 Å². The highest BCUT2D eigenvalue weighted by Gasteiger charge is 2.40. The molecule has 1 atom stereocenters. The first-order valence-corrected chi connectivity index (χ1v) is 12.5. The molecule has 0 aromatic heterocycles. The summed E-state index contributed by atoms with van der Waals surface area (Å²) in [5.41, 5.74) is 0.931. The molecule has 0 saturated heterocycles. The molecule has 0 aliphatic heterocycles. The van der Waals surface area contributed by atoms with Crippen molar-refractivity contribution in [2.24, 2.45) is 0 Å². The van der Waals surface area contributed by atoms with Crippen molar-refractivity contribution in [1.82, 2.24) is 0 Å². The van der Waals surface area contributed by atoms with Gasteiger partial charge in [0.05, 0.1) is 5.66 Å². The predicted octanol–water partition coefficient (Wildman–Crippen LogP) is 6.36. The molecular formula is C29H25O2P. The molecule has 0 aliphatic rings. The summed E-state index contributed by atoms with van der Waals surface area (Å²) in [4.78, 5) is 13.8. The van der Waals surface area contributed by atoms with Crippen LogP contribution in [-0.2, 0) is 4.57 Å². The molecule has 3 heteroatoms. The minimum absolute atomic E-state index is 0.0978. The van der Waals surface area contributed by atoms with E-state index in [0.29, 0.717) is 22.6 Å². The zero-order valence-electron chi connectivity index (χ0n) is 17.7.